The summed E-state index contributed by atoms with van der Waals surface area (Å²) in [6.07, 6.45) is 8.23. The zero-order valence-corrected chi connectivity index (χ0v) is 14.0. The first-order valence-electron chi connectivity index (χ1n) is 8.52. The number of piperidine rings is 1. The van der Waals surface area contributed by atoms with E-state index in [-0.39, 0.29) is 5.41 Å². The number of aromatic nitrogens is 3. The summed E-state index contributed by atoms with van der Waals surface area (Å²) in [5.74, 6) is 1.11. The van der Waals surface area contributed by atoms with Crippen LogP contribution in [-0.2, 0) is 18.4 Å². The Balaban J connectivity index is 1.58. The number of nitrogens with two attached hydrogens (primary N) is 1. The fourth-order valence-corrected chi connectivity index (χ4v) is 4.28. The zero-order valence-electron chi connectivity index (χ0n) is 14.0. The first-order chi connectivity index (χ1) is 11.7. The van der Waals surface area contributed by atoms with Crippen LogP contribution in [0.15, 0.2) is 24.5 Å². The smallest absolute Gasteiger partial charge is 0.220 e. The Bertz CT molecular complexity index is 746. The van der Waals surface area contributed by atoms with E-state index in [4.69, 9.17) is 10.5 Å². The van der Waals surface area contributed by atoms with Crippen molar-refractivity contribution >= 4 is 5.95 Å². The summed E-state index contributed by atoms with van der Waals surface area (Å²) in [5.41, 5.74) is 9.57. The third-order valence-electron chi connectivity index (χ3n) is 5.35. The Morgan fingerprint density at radius 1 is 1.33 bits per heavy atom. The number of methoxy groups -OCH3 is 1. The van der Waals surface area contributed by atoms with E-state index in [1.165, 1.54) is 24.1 Å². The molecule has 1 atom stereocenters. The van der Waals surface area contributed by atoms with E-state index in [0.29, 0.717) is 5.95 Å². The largest absolute Gasteiger partial charge is 0.481 e. The van der Waals surface area contributed by atoms with Crippen LogP contribution in [0.5, 0.6) is 5.88 Å². The fraction of sp³-hybridized carbons (Fsp3) is 0.500. The summed E-state index contributed by atoms with van der Waals surface area (Å²) < 4.78 is 5.40. The second-order valence-corrected chi connectivity index (χ2v) is 6.87. The van der Waals surface area contributed by atoms with Gasteiger partial charge in [0.05, 0.1) is 12.8 Å². The molecule has 2 aromatic heterocycles. The number of hydrogen-bond acceptors (Lipinski definition) is 6. The molecule has 6 heteroatoms. The molecule has 0 radical (unpaired) electrons. The molecular weight excluding hydrogens is 302 g/mol. The van der Waals surface area contributed by atoms with Crippen LogP contribution in [0.3, 0.4) is 0 Å². The van der Waals surface area contributed by atoms with Crippen LogP contribution in [0.25, 0.3) is 0 Å². The fourth-order valence-electron chi connectivity index (χ4n) is 4.28. The van der Waals surface area contributed by atoms with Gasteiger partial charge in [-0.05, 0) is 43.9 Å². The highest BCUT2D eigenvalue weighted by molar-refractivity contribution is 5.37. The molecule has 2 aliphatic rings. The first kappa shape index (κ1) is 15.3. The zero-order chi connectivity index (χ0) is 16.6. The summed E-state index contributed by atoms with van der Waals surface area (Å²) in [7, 11) is 1.68. The van der Waals surface area contributed by atoms with Crippen molar-refractivity contribution in [2.24, 2.45) is 0 Å². The van der Waals surface area contributed by atoms with E-state index in [1.54, 1.807) is 13.3 Å². The van der Waals surface area contributed by atoms with Gasteiger partial charge in [-0.1, -0.05) is 6.07 Å². The van der Waals surface area contributed by atoms with Crippen molar-refractivity contribution in [2.45, 2.75) is 37.6 Å². The van der Waals surface area contributed by atoms with Crippen molar-refractivity contribution in [1.82, 2.24) is 19.9 Å². The van der Waals surface area contributed by atoms with Gasteiger partial charge >= 0.3 is 0 Å². The summed E-state index contributed by atoms with van der Waals surface area (Å²) in [5, 5.41) is 0. The van der Waals surface area contributed by atoms with Gasteiger partial charge in [-0.3, -0.25) is 4.90 Å². The standard InChI is InChI=1S/C18H23N5O/c1-24-16-14(4-2-8-20-16)11-23-9-3-6-18(12-23)7-5-13-10-21-17(19)22-15(13)18/h2,4,8,10H,3,5-7,9,11-12H2,1H3,(H2,19,21,22). The Kier molecular flexibility index (Phi) is 3.84. The van der Waals surface area contributed by atoms with E-state index < -0.39 is 0 Å². The van der Waals surface area contributed by atoms with E-state index >= 15 is 0 Å². The number of aryl methyl sites for hydroxylation is 1. The van der Waals surface area contributed by atoms with Crippen molar-refractivity contribution in [2.75, 3.05) is 25.9 Å². The second-order valence-electron chi connectivity index (χ2n) is 6.87. The van der Waals surface area contributed by atoms with E-state index in [0.717, 1.165) is 43.9 Å². The van der Waals surface area contributed by atoms with E-state index in [2.05, 4.69) is 25.9 Å². The Labute approximate surface area is 142 Å². The molecule has 6 nitrogen and oxygen atoms in total. The Morgan fingerprint density at radius 2 is 2.25 bits per heavy atom. The van der Waals surface area contributed by atoms with Gasteiger partial charge in [-0.2, -0.15) is 0 Å². The average molecular weight is 325 g/mol. The molecule has 1 aliphatic carbocycles. The van der Waals surface area contributed by atoms with Crippen LogP contribution in [0.2, 0.25) is 0 Å². The number of rotatable bonds is 3. The van der Waals surface area contributed by atoms with Gasteiger partial charge in [0.1, 0.15) is 0 Å². The molecule has 3 heterocycles. The predicted octanol–water partition coefficient (Wildman–Crippen LogP) is 1.94. The van der Waals surface area contributed by atoms with Crippen molar-refractivity contribution in [3.05, 3.63) is 41.3 Å². The van der Waals surface area contributed by atoms with Gasteiger partial charge < -0.3 is 10.5 Å². The maximum Gasteiger partial charge on any atom is 0.220 e. The molecule has 0 bridgehead atoms. The topological polar surface area (TPSA) is 77.2 Å². The minimum Gasteiger partial charge on any atom is -0.481 e. The quantitative estimate of drug-likeness (QED) is 0.929. The third kappa shape index (κ3) is 2.60. The van der Waals surface area contributed by atoms with E-state index in [1.807, 2.05) is 12.3 Å². The van der Waals surface area contributed by atoms with Crippen LogP contribution in [0.1, 0.15) is 36.1 Å². The lowest BCUT2D eigenvalue weighted by atomic mass is 9.77. The van der Waals surface area contributed by atoms with Crippen molar-refractivity contribution < 1.29 is 4.74 Å². The molecule has 1 fully saturated rings. The van der Waals surface area contributed by atoms with Crippen LogP contribution < -0.4 is 10.5 Å². The molecule has 126 valence electrons. The highest BCUT2D eigenvalue weighted by Gasteiger charge is 2.43. The highest BCUT2D eigenvalue weighted by Crippen LogP contribution is 2.44. The van der Waals surface area contributed by atoms with Gasteiger partial charge in [-0.15, -0.1) is 0 Å². The maximum absolute atomic E-state index is 5.86. The van der Waals surface area contributed by atoms with Crippen LogP contribution in [0, 0.1) is 0 Å². The molecule has 24 heavy (non-hydrogen) atoms. The summed E-state index contributed by atoms with van der Waals surface area (Å²) in [6, 6.07) is 4.06. The van der Waals surface area contributed by atoms with Crippen LogP contribution in [-0.4, -0.2) is 40.1 Å². The average Bonchev–Trinajstić information content (AvgIpc) is 2.93. The molecule has 0 amide bonds. The van der Waals surface area contributed by atoms with Crippen molar-refractivity contribution in [3.63, 3.8) is 0 Å². The van der Waals surface area contributed by atoms with Crippen molar-refractivity contribution in [1.29, 1.82) is 0 Å². The molecule has 1 unspecified atom stereocenters. The summed E-state index contributed by atoms with van der Waals surface area (Å²) in [6.45, 7) is 2.96. The molecule has 1 saturated heterocycles. The van der Waals surface area contributed by atoms with Gasteiger partial charge in [-0.25, -0.2) is 15.0 Å². The summed E-state index contributed by atoms with van der Waals surface area (Å²) in [4.78, 5) is 15.6. The number of pyridine rings is 1. The summed E-state index contributed by atoms with van der Waals surface area (Å²) >= 11 is 0. The minimum atomic E-state index is 0.125. The molecule has 2 N–H and O–H groups in total. The number of fused-ring (bicyclic) bond motifs is 2. The van der Waals surface area contributed by atoms with Crippen molar-refractivity contribution in [3.8, 4) is 5.88 Å². The number of hydrogen-bond donors (Lipinski definition) is 1. The SMILES string of the molecule is COc1ncccc1CN1CCCC2(CCc3cnc(N)nc32)C1. The maximum atomic E-state index is 5.86. The number of ether oxygens (including phenoxy) is 1. The number of nitrogens with zero attached hydrogens (tertiary/aromatic N) is 4. The molecule has 1 spiro atoms. The van der Waals surface area contributed by atoms with Crippen LogP contribution >= 0.6 is 0 Å². The molecular formula is C18H23N5O. The lowest BCUT2D eigenvalue weighted by molar-refractivity contribution is 0.135. The lowest BCUT2D eigenvalue weighted by Crippen LogP contribution is -2.45. The molecule has 1 aliphatic heterocycles. The Morgan fingerprint density at radius 3 is 3.12 bits per heavy atom. The normalized spacial score (nSPS) is 23.4. The first-order valence-corrected chi connectivity index (χ1v) is 8.52. The number of anilines is 1. The van der Waals surface area contributed by atoms with Gasteiger partial charge in [0.2, 0.25) is 11.8 Å². The molecule has 0 saturated carbocycles. The minimum absolute atomic E-state index is 0.125. The molecule has 0 aromatic carbocycles. The monoisotopic (exact) mass is 325 g/mol. The van der Waals surface area contributed by atoms with Gasteiger partial charge in [0.15, 0.2) is 0 Å². The third-order valence-corrected chi connectivity index (χ3v) is 5.35. The number of nitrogen functional groups attached to an aromatic ring is 1. The van der Waals surface area contributed by atoms with Crippen LogP contribution in [0.4, 0.5) is 5.95 Å². The lowest BCUT2D eigenvalue weighted by Gasteiger charge is -2.40. The molecule has 4 rings (SSSR count). The van der Waals surface area contributed by atoms with Gasteiger partial charge in [0, 0.05) is 36.5 Å². The van der Waals surface area contributed by atoms with E-state index in [9.17, 15) is 0 Å². The number of likely N-dealkylation sites (tertiary alicyclic amines) is 1. The second kappa shape index (κ2) is 6.02. The predicted molar refractivity (Wildman–Crippen MR) is 91.7 cm³/mol. The molecule has 2 aromatic rings. The van der Waals surface area contributed by atoms with Gasteiger partial charge in [0.25, 0.3) is 0 Å². The Hall–Kier alpha value is -2.21. The highest BCUT2D eigenvalue weighted by atomic mass is 16.5.